The molecule has 0 aromatic heterocycles. The number of sulfonamides is 1. The molecule has 0 bridgehead atoms. The Labute approximate surface area is 245 Å². The number of nitrogens with one attached hydrogen (secondary N) is 1. The van der Waals surface area contributed by atoms with Crippen molar-refractivity contribution in [1.82, 2.24) is 10.2 Å². The maximum absolute atomic E-state index is 13.9. The van der Waals surface area contributed by atoms with E-state index in [-0.39, 0.29) is 31.3 Å². The van der Waals surface area contributed by atoms with Crippen LogP contribution < -0.4 is 9.62 Å². The van der Waals surface area contributed by atoms with Gasteiger partial charge in [0.2, 0.25) is 21.8 Å². The molecule has 7 nitrogen and oxygen atoms in total. The molecule has 0 aliphatic heterocycles. The Kier molecular flexibility index (Phi) is 12.0. The van der Waals surface area contributed by atoms with Crippen molar-refractivity contribution in [2.45, 2.75) is 65.5 Å². The van der Waals surface area contributed by atoms with Gasteiger partial charge in [-0.3, -0.25) is 13.9 Å². The van der Waals surface area contributed by atoms with Gasteiger partial charge >= 0.3 is 0 Å². The number of benzene rings is 3. The van der Waals surface area contributed by atoms with Gasteiger partial charge in [0, 0.05) is 32.5 Å². The van der Waals surface area contributed by atoms with Crippen molar-refractivity contribution in [2.24, 2.45) is 0 Å². The smallest absolute Gasteiger partial charge is 0.243 e. The van der Waals surface area contributed by atoms with Crippen molar-refractivity contribution in [3.05, 3.63) is 101 Å². The van der Waals surface area contributed by atoms with Gasteiger partial charge in [-0.15, -0.1) is 0 Å². The molecular formula is C33H43N3O4S. The predicted octanol–water partition coefficient (Wildman–Crippen LogP) is 5.41. The molecule has 0 radical (unpaired) electrons. The number of anilines is 1. The Morgan fingerprint density at radius 1 is 0.878 bits per heavy atom. The van der Waals surface area contributed by atoms with E-state index >= 15 is 0 Å². The summed E-state index contributed by atoms with van der Waals surface area (Å²) in [6.45, 7) is 7.01. The van der Waals surface area contributed by atoms with E-state index in [0.29, 0.717) is 25.1 Å². The molecule has 0 fully saturated rings. The normalized spacial score (nSPS) is 12.0. The molecule has 0 aliphatic rings. The zero-order valence-corrected chi connectivity index (χ0v) is 25.5. The van der Waals surface area contributed by atoms with E-state index in [2.05, 4.69) is 12.2 Å². The van der Waals surface area contributed by atoms with Crippen LogP contribution in [0.25, 0.3) is 0 Å². The van der Waals surface area contributed by atoms with E-state index in [1.807, 2.05) is 80.6 Å². The summed E-state index contributed by atoms with van der Waals surface area (Å²) in [5.74, 6) is -0.362. The molecule has 3 aromatic rings. The molecule has 0 saturated heterocycles. The number of carbonyl (C=O) groups is 2. The van der Waals surface area contributed by atoms with Crippen LogP contribution in [0.15, 0.2) is 78.9 Å². The van der Waals surface area contributed by atoms with Crippen LogP contribution in [0.3, 0.4) is 0 Å². The lowest BCUT2D eigenvalue weighted by Gasteiger charge is -2.32. The second-order valence-corrected chi connectivity index (χ2v) is 12.5. The van der Waals surface area contributed by atoms with Crippen LogP contribution in [0, 0.1) is 13.8 Å². The van der Waals surface area contributed by atoms with Crippen LogP contribution in [0.2, 0.25) is 0 Å². The lowest BCUT2D eigenvalue weighted by atomic mass is 10.0. The Bertz CT molecular complexity index is 1380. The average Bonchev–Trinajstić information content (AvgIpc) is 2.94. The van der Waals surface area contributed by atoms with E-state index in [9.17, 15) is 18.0 Å². The van der Waals surface area contributed by atoms with Crippen LogP contribution in [0.5, 0.6) is 0 Å². The fraction of sp³-hybridized carbons (Fsp3) is 0.394. The maximum atomic E-state index is 13.9. The van der Waals surface area contributed by atoms with Crippen LogP contribution in [0.1, 0.15) is 54.9 Å². The molecule has 0 aliphatic carbocycles. The molecule has 1 atom stereocenters. The highest BCUT2D eigenvalue weighted by atomic mass is 32.2. The minimum absolute atomic E-state index is 0.108. The predicted molar refractivity (Wildman–Crippen MR) is 166 cm³/mol. The third-order valence-corrected chi connectivity index (χ3v) is 8.37. The first-order chi connectivity index (χ1) is 19.6. The van der Waals surface area contributed by atoms with Gasteiger partial charge in [-0.25, -0.2) is 8.42 Å². The van der Waals surface area contributed by atoms with E-state index in [1.165, 1.54) is 10.6 Å². The number of hydrogen-bond acceptors (Lipinski definition) is 4. The number of carbonyl (C=O) groups excluding carboxylic acids is 2. The summed E-state index contributed by atoms with van der Waals surface area (Å²) in [6, 6.07) is 24.2. The summed E-state index contributed by atoms with van der Waals surface area (Å²) in [5, 5.41) is 3.04. The van der Waals surface area contributed by atoms with Crippen LogP contribution in [0.4, 0.5) is 5.69 Å². The van der Waals surface area contributed by atoms with Crippen molar-refractivity contribution in [3.63, 3.8) is 0 Å². The third kappa shape index (κ3) is 9.74. The topological polar surface area (TPSA) is 86.8 Å². The molecule has 41 heavy (non-hydrogen) atoms. The molecule has 8 heteroatoms. The van der Waals surface area contributed by atoms with Gasteiger partial charge in [-0.05, 0) is 55.5 Å². The summed E-state index contributed by atoms with van der Waals surface area (Å²) in [6.07, 6.45) is 3.80. The fourth-order valence-corrected chi connectivity index (χ4v) is 5.71. The Morgan fingerprint density at radius 2 is 1.54 bits per heavy atom. The number of unbranched alkanes of at least 4 members (excludes halogenated alkanes) is 1. The molecule has 3 aromatic carbocycles. The minimum Gasteiger partial charge on any atom is -0.354 e. The van der Waals surface area contributed by atoms with Gasteiger partial charge in [0.25, 0.3) is 0 Å². The summed E-state index contributed by atoms with van der Waals surface area (Å²) < 4.78 is 26.6. The average molecular weight is 578 g/mol. The lowest BCUT2D eigenvalue weighted by Crippen LogP contribution is -2.50. The van der Waals surface area contributed by atoms with Gasteiger partial charge < -0.3 is 10.2 Å². The quantitative estimate of drug-likeness (QED) is 0.245. The van der Waals surface area contributed by atoms with Gasteiger partial charge in [0.05, 0.1) is 11.9 Å². The maximum Gasteiger partial charge on any atom is 0.243 e. The molecule has 220 valence electrons. The zero-order chi connectivity index (χ0) is 29.8. The van der Waals surface area contributed by atoms with Gasteiger partial charge in [0.1, 0.15) is 6.04 Å². The highest BCUT2D eigenvalue weighted by Crippen LogP contribution is 2.21. The molecule has 0 heterocycles. The molecular weight excluding hydrogens is 534 g/mol. The monoisotopic (exact) mass is 577 g/mol. The first-order valence-corrected chi connectivity index (χ1v) is 16.1. The van der Waals surface area contributed by atoms with E-state index in [4.69, 9.17) is 0 Å². The highest BCUT2D eigenvalue weighted by Gasteiger charge is 2.30. The molecule has 0 saturated carbocycles. The van der Waals surface area contributed by atoms with E-state index in [1.54, 1.807) is 17.0 Å². The van der Waals surface area contributed by atoms with Crippen molar-refractivity contribution >= 4 is 27.5 Å². The Balaban J connectivity index is 1.87. The molecule has 0 unspecified atom stereocenters. The van der Waals surface area contributed by atoms with Crippen LogP contribution in [-0.4, -0.2) is 50.5 Å². The van der Waals surface area contributed by atoms with Crippen molar-refractivity contribution in [3.8, 4) is 0 Å². The van der Waals surface area contributed by atoms with E-state index in [0.717, 1.165) is 35.1 Å². The fourth-order valence-electron chi connectivity index (χ4n) is 4.75. The number of nitrogens with zero attached hydrogens (tertiary/aromatic N) is 2. The third-order valence-electron chi connectivity index (χ3n) is 7.18. The van der Waals surface area contributed by atoms with Crippen molar-refractivity contribution < 1.29 is 18.0 Å². The minimum atomic E-state index is -3.54. The molecule has 0 spiro atoms. The first-order valence-electron chi connectivity index (χ1n) is 14.3. The first kappa shape index (κ1) is 31.9. The molecule has 2 amide bonds. The number of amides is 2. The van der Waals surface area contributed by atoms with Gasteiger partial charge in [-0.1, -0.05) is 85.6 Å². The SMILES string of the molecule is CCCCNC(=O)[C@@H](Cc1ccccc1)N(Cc1ccccc1C)C(=O)CCCN(c1ccc(C)cc1)S(C)(=O)=O. The Hall–Kier alpha value is -3.65. The summed E-state index contributed by atoms with van der Waals surface area (Å²) >= 11 is 0. The standard InChI is InChI=1S/C33H43N3O4S/c1-5-6-22-34-33(38)31(24-28-14-8-7-9-15-28)35(25-29-16-11-10-13-27(29)3)32(37)17-12-23-36(41(4,39)40)30-20-18-26(2)19-21-30/h7-11,13-16,18-21,31H,5-6,12,17,22-25H2,1-4H3,(H,34,38)/t31-/m1/s1. The zero-order valence-electron chi connectivity index (χ0n) is 24.7. The second-order valence-electron chi connectivity index (χ2n) is 10.6. The largest absolute Gasteiger partial charge is 0.354 e. The number of hydrogen-bond donors (Lipinski definition) is 1. The van der Waals surface area contributed by atoms with Gasteiger partial charge in [0.15, 0.2) is 0 Å². The molecule has 1 N–H and O–H groups in total. The second kappa shape index (κ2) is 15.4. The number of aryl methyl sites for hydroxylation is 2. The van der Waals surface area contributed by atoms with Crippen molar-refractivity contribution in [2.75, 3.05) is 23.7 Å². The summed E-state index contributed by atoms with van der Waals surface area (Å²) in [5.41, 5.74) is 4.58. The highest BCUT2D eigenvalue weighted by molar-refractivity contribution is 7.92. The Morgan fingerprint density at radius 3 is 2.17 bits per heavy atom. The lowest BCUT2D eigenvalue weighted by molar-refractivity contribution is -0.141. The summed E-state index contributed by atoms with van der Waals surface area (Å²) in [4.78, 5) is 29.2. The van der Waals surface area contributed by atoms with Crippen LogP contribution >= 0.6 is 0 Å². The van der Waals surface area contributed by atoms with Crippen molar-refractivity contribution in [1.29, 1.82) is 0 Å². The van der Waals surface area contributed by atoms with Crippen LogP contribution in [-0.2, 0) is 32.6 Å². The molecule has 3 rings (SSSR count). The number of rotatable bonds is 15. The van der Waals surface area contributed by atoms with E-state index < -0.39 is 16.1 Å². The summed E-state index contributed by atoms with van der Waals surface area (Å²) in [7, 11) is -3.54. The van der Waals surface area contributed by atoms with Gasteiger partial charge in [-0.2, -0.15) is 0 Å².